The van der Waals surface area contributed by atoms with Gasteiger partial charge in [0.05, 0.1) is 6.54 Å². The van der Waals surface area contributed by atoms with Gasteiger partial charge in [-0.05, 0) is 37.9 Å². The SMILES string of the molecule is CC1CCCCC1N(C)Cc1ccc(C(=O)O)o1. The van der Waals surface area contributed by atoms with Gasteiger partial charge >= 0.3 is 5.97 Å². The second kappa shape index (κ2) is 5.57. The Labute approximate surface area is 108 Å². The van der Waals surface area contributed by atoms with Crippen LogP contribution in [0.1, 0.15) is 48.9 Å². The quantitative estimate of drug-likeness (QED) is 0.893. The number of carboxylic acids is 1. The number of hydrogen-bond acceptors (Lipinski definition) is 3. The third kappa shape index (κ3) is 2.93. The van der Waals surface area contributed by atoms with Crippen molar-refractivity contribution in [2.45, 2.75) is 45.2 Å². The fourth-order valence-electron chi connectivity index (χ4n) is 2.89. The molecule has 2 rings (SSSR count). The van der Waals surface area contributed by atoms with Crippen LogP contribution in [0.25, 0.3) is 0 Å². The molecule has 0 aromatic carbocycles. The van der Waals surface area contributed by atoms with Gasteiger partial charge in [-0.15, -0.1) is 0 Å². The average molecular weight is 251 g/mol. The summed E-state index contributed by atoms with van der Waals surface area (Å²) in [6.07, 6.45) is 5.13. The molecule has 1 aromatic rings. The first-order valence-corrected chi connectivity index (χ1v) is 6.60. The monoisotopic (exact) mass is 251 g/mol. The Balaban J connectivity index is 1.97. The Morgan fingerprint density at radius 2 is 2.17 bits per heavy atom. The van der Waals surface area contributed by atoms with Gasteiger partial charge < -0.3 is 9.52 Å². The molecule has 0 radical (unpaired) electrons. The number of hydrogen-bond donors (Lipinski definition) is 1. The molecule has 0 spiro atoms. The molecule has 1 saturated carbocycles. The Bertz CT molecular complexity index is 413. The molecule has 1 aliphatic rings. The van der Waals surface area contributed by atoms with Crippen molar-refractivity contribution >= 4 is 5.97 Å². The highest BCUT2D eigenvalue weighted by atomic mass is 16.4. The Kier molecular flexibility index (Phi) is 4.07. The van der Waals surface area contributed by atoms with E-state index >= 15 is 0 Å². The first-order chi connectivity index (χ1) is 8.58. The van der Waals surface area contributed by atoms with Gasteiger partial charge in [-0.25, -0.2) is 4.79 Å². The summed E-state index contributed by atoms with van der Waals surface area (Å²) in [5.41, 5.74) is 0. The van der Waals surface area contributed by atoms with Gasteiger partial charge in [0.15, 0.2) is 0 Å². The van der Waals surface area contributed by atoms with Gasteiger partial charge in [0.1, 0.15) is 5.76 Å². The van der Waals surface area contributed by atoms with E-state index in [1.165, 1.54) is 31.7 Å². The highest BCUT2D eigenvalue weighted by Crippen LogP contribution is 2.28. The molecule has 1 N–H and O–H groups in total. The van der Waals surface area contributed by atoms with Crippen molar-refractivity contribution in [3.8, 4) is 0 Å². The van der Waals surface area contributed by atoms with E-state index in [-0.39, 0.29) is 5.76 Å². The van der Waals surface area contributed by atoms with Crippen LogP contribution in [0.3, 0.4) is 0 Å². The number of carbonyl (C=O) groups is 1. The minimum absolute atomic E-state index is 0.0232. The second-order valence-corrected chi connectivity index (χ2v) is 5.32. The second-order valence-electron chi connectivity index (χ2n) is 5.32. The summed E-state index contributed by atoms with van der Waals surface area (Å²) < 4.78 is 5.30. The minimum Gasteiger partial charge on any atom is -0.475 e. The van der Waals surface area contributed by atoms with Gasteiger partial charge in [0.2, 0.25) is 5.76 Å². The van der Waals surface area contributed by atoms with E-state index in [0.717, 1.165) is 5.76 Å². The molecule has 4 heteroatoms. The molecule has 4 nitrogen and oxygen atoms in total. The molecule has 1 aromatic heterocycles. The standard InChI is InChI=1S/C14H21NO3/c1-10-5-3-4-6-12(10)15(2)9-11-7-8-13(18-11)14(16)17/h7-8,10,12H,3-6,9H2,1-2H3,(H,16,17). The number of aromatic carboxylic acids is 1. The first kappa shape index (κ1) is 13.1. The molecule has 100 valence electrons. The van der Waals surface area contributed by atoms with Crippen LogP contribution in [0.15, 0.2) is 16.5 Å². The maximum absolute atomic E-state index is 10.7. The molecule has 1 heterocycles. The van der Waals surface area contributed by atoms with Gasteiger partial charge in [0, 0.05) is 6.04 Å². The largest absolute Gasteiger partial charge is 0.475 e. The van der Waals surface area contributed by atoms with E-state index in [1.807, 2.05) is 0 Å². The highest BCUT2D eigenvalue weighted by molar-refractivity contribution is 5.84. The molecule has 0 aliphatic heterocycles. The third-order valence-electron chi connectivity index (χ3n) is 3.91. The van der Waals surface area contributed by atoms with Crippen molar-refractivity contribution in [1.29, 1.82) is 0 Å². The molecular weight excluding hydrogens is 230 g/mol. The van der Waals surface area contributed by atoms with Crippen LogP contribution in [-0.4, -0.2) is 29.1 Å². The fraction of sp³-hybridized carbons (Fsp3) is 0.643. The van der Waals surface area contributed by atoms with Gasteiger partial charge in [-0.3, -0.25) is 4.90 Å². The van der Waals surface area contributed by atoms with Crippen molar-refractivity contribution in [1.82, 2.24) is 4.90 Å². The maximum atomic E-state index is 10.7. The lowest BCUT2D eigenvalue weighted by molar-refractivity contribution is 0.0655. The van der Waals surface area contributed by atoms with Crippen LogP contribution in [0.5, 0.6) is 0 Å². The summed E-state index contributed by atoms with van der Waals surface area (Å²) in [5, 5.41) is 8.82. The van der Waals surface area contributed by atoms with E-state index < -0.39 is 5.97 Å². The smallest absolute Gasteiger partial charge is 0.371 e. The molecule has 1 aliphatic carbocycles. The predicted molar refractivity (Wildman–Crippen MR) is 68.6 cm³/mol. The van der Waals surface area contributed by atoms with Crippen LogP contribution in [-0.2, 0) is 6.54 Å². The number of carboxylic acid groups (broad SMARTS) is 1. The Morgan fingerprint density at radius 3 is 2.78 bits per heavy atom. The summed E-state index contributed by atoms with van der Waals surface area (Å²) in [4.78, 5) is 13.0. The normalized spacial score (nSPS) is 24.4. The fourth-order valence-corrected chi connectivity index (χ4v) is 2.89. The molecule has 2 unspecified atom stereocenters. The zero-order valence-corrected chi connectivity index (χ0v) is 11.1. The van der Waals surface area contributed by atoms with Crippen LogP contribution in [0, 0.1) is 5.92 Å². The van der Waals surface area contributed by atoms with Crippen molar-refractivity contribution < 1.29 is 14.3 Å². The van der Waals surface area contributed by atoms with Crippen LogP contribution >= 0.6 is 0 Å². The van der Waals surface area contributed by atoms with Gasteiger partial charge in [-0.1, -0.05) is 19.8 Å². The molecule has 0 amide bonds. The predicted octanol–water partition coefficient (Wildman–Crippen LogP) is 2.99. The average Bonchev–Trinajstić information content (AvgIpc) is 2.78. The molecule has 2 atom stereocenters. The molecule has 0 saturated heterocycles. The lowest BCUT2D eigenvalue weighted by atomic mass is 9.85. The van der Waals surface area contributed by atoms with Crippen molar-refractivity contribution in [3.63, 3.8) is 0 Å². The highest BCUT2D eigenvalue weighted by Gasteiger charge is 2.25. The van der Waals surface area contributed by atoms with Crippen LogP contribution < -0.4 is 0 Å². The van der Waals surface area contributed by atoms with E-state index in [0.29, 0.717) is 18.5 Å². The van der Waals surface area contributed by atoms with Crippen LogP contribution in [0.4, 0.5) is 0 Å². The van der Waals surface area contributed by atoms with Gasteiger partial charge in [0.25, 0.3) is 0 Å². The molecule has 1 fully saturated rings. The Morgan fingerprint density at radius 1 is 1.44 bits per heavy atom. The molecule has 0 bridgehead atoms. The molecular formula is C14H21NO3. The summed E-state index contributed by atoms with van der Waals surface area (Å²) in [6, 6.07) is 3.86. The number of furan rings is 1. The topological polar surface area (TPSA) is 53.7 Å². The first-order valence-electron chi connectivity index (χ1n) is 6.60. The van der Waals surface area contributed by atoms with E-state index in [2.05, 4.69) is 18.9 Å². The van der Waals surface area contributed by atoms with Crippen molar-refractivity contribution in [2.24, 2.45) is 5.92 Å². The summed E-state index contributed by atoms with van der Waals surface area (Å²) in [6.45, 7) is 2.98. The Hall–Kier alpha value is -1.29. The van der Waals surface area contributed by atoms with E-state index in [1.54, 1.807) is 6.07 Å². The van der Waals surface area contributed by atoms with Crippen molar-refractivity contribution in [3.05, 3.63) is 23.7 Å². The summed E-state index contributed by atoms with van der Waals surface area (Å²) >= 11 is 0. The zero-order chi connectivity index (χ0) is 13.1. The van der Waals surface area contributed by atoms with E-state index in [4.69, 9.17) is 9.52 Å². The lowest BCUT2D eigenvalue weighted by Crippen LogP contribution is -2.38. The molecule has 18 heavy (non-hydrogen) atoms. The van der Waals surface area contributed by atoms with E-state index in [9.17, 15) is 4.79 Å². The zero-order valence-electron chi connectivity index (χ0n) is 11.1. The third-order valence-corrected chi connectivity index (χ3v) is 3.91. The summed E-state index contributed by atoms with van der Waals surface area (Å²) in [5.74, 6) is 0.454. The minimum atomic E-state index is -1.00. The lowest BCUT2D eigenvalue weighted by Gasteiger charge is -2.35. The summed E-state index contributed by atoms with van der Waals surface area (Å²) in [7, 11) is 2.09. The maximum Gasteiger partial charge on any atom is 0.371 e. The van der Waals surface area contributed by atoms with Gasteiger partial charge in [-0.2, -0.15) is 0 Å². The van der Waals surface area contributed by atoms with Crippen LogP contribution in [0.2, 0.25) is 0 Å². The van der Waals surface area contributed by atoms with Crippen molar-refractivity contribution in [2.75, 3.05) is 7.05 Å². The number of nitrogens with zero attached hydrogens (tertiary/aromatic N) is 1. The number of rotatable bonds is 4.